The van der Waals surface area contributed by atoms with Gasteiger partial charge in [-0.1, -0.05) is 11.8 Å². The molecular formula is C26H19FN4O2S. The van der Waals surface area contributed by atoms with Crippen molar-refractivity contribution in [1.82, 2.24) is 19.7 Å². The maximum atomic E-state index is 13.6. The second kappa shape index (κ2) is 8.53. The summed E-state index contributed by atoms with van der Waals surface area (Å²) in [4.78, 5) is 16.4. The van der Waals surface area contributed by atoms with Crippen molar-refractivity contribution in [1.29, 1.82) is 0 Å². The lowest BCUT2D eigenvalue weighted by molar-refractivity contribution is 0.559. The molecule has 6 nitrogen and oxygen atoms in total. The minimum atomic E-state index is -0.362. The number of halogens is 1. The van der Waals surface area contributed by atoms with E-state index in [4.69, 9.17) is 4.42 Å². The lowest BCUT2D eigenvalue weighted by Gasteiger charge is -2.11. The summed E-state index contributed by atoms with van der Waals surface area (Å²) in [5.41, 5.74) is 5.33. The topological polar surface area (TPSA) is 73.8 Å². The molecule has 5 aromatic rings. The zero-order chi connectivity index (χ0) is 23.1. The molecule has 0 saturated carbocycles. The van der Waals surface area contributed by atoms with Gasteiger partial charge in [0.15, 0.2) is 11.0 Å². The SMILES string of the molecule is O=c1cc(CSc2nnc(-c3ccncc3)n2-c2ccc(F)cc2)c2cc3c(cc2o1)CCC3. The number of benzene rings is 2. The van der Waals surface area contributed by atoms with Crippen LogP contribution in [0.2, 0.25) is 0 Å². The highest BCUT2D eigenvalue weighted by molar-refractivity contribution is 7.98. The summed E-state index contributed by atoms with van der Waals surface area (Å²) in [6.45, 7) is 0. The van der Waals surface area contributed by atoms with Crippen molar-refractivity contribution in [2.45, 2.75) is 30.2 Å². The zero-order valence-corrected chi connectivity index (χ0v) is 18.9. The van der Waals surface area contributed by atoms with Crippen molar-refractivity contribution < 1.29 is 8.81 Å². The Morgan fingerprint density at radius 2 is 1.74 bits per heavy atom. The molecule has 0 bridgehead atoms. The molecule has 34 heavy (non-hydrogen) atoms. The Hall–Kier alpha value is -3.78. The van der Waals surface area contributed by atoms with Crippen LogP contribution >= 0.6 is 11.8 Å². The third-order valence-corrected chi connectivity index (χ3v) is 7.03. The predicted octanol–water partition coefficient (Wildman–Crippen LogP) is 5.36. The van der Waals surface area contributed by atoms with E-state index in [1.54, 1.807) is 30.6 Å². The van der Waals surface area contributed by atoms with E-state index >= 15 is 0 Å². The van der Waals surface area contributed by atoms with E-state index in [-0.39, 0.29) is 11.4 Å². The molecule has 0 aliphatic heterocycles. The maximum Gasteiger partial charge on any atom is 0.336 e. The summed E-state index contributed by atoms with van der Waals surface area (Å²) in [5, 5.41) is 10.4. The van der Waals surface area contributed by atoms with Crippen LogP contribution in [-0.4, -0.2) is 19.7 Å². The Labute approximate surface area is 198 Å². The first kappa shape index (κ1) is 20.8. The molecule has 0 saturated heterocycles. The van der Waals surface area contributed by atoms with Gasteiger partial charge in [0, 0.05) is 40.8 Å². The van der Waals surface area contributed by atoms with Crippen molar-refractivity contribution in [3.05, 3.63) is 99.9 Å². The summed E-state index contributed by atoms with van der Waals surface area (Å²) in [6, 6.07) is 15.7. The molecule has 0 atom stereocenters. The van der Waals surface area contributed by atoms with Gasteiger partial charge in [-0.25, -0.2) is 9.18 Å². The minimum Gasteiger partial charge on any atom is -0.423 e. The predicted molar refractivity (Wildman–Crippen MR) is 129 cm³/mol. The summed E-state index contributed by atoms with van der Waals surface area (Å²) in [6.07, 6.45) is 6.58. The van der Waals surface area contributed by atoms with Crippen LogP contribution < -0.4 is 5.63 Å². The molecule has 3 heterocycles. The molecule has 0 radical (unpaired) electrons. The van der Waals surface area contributed by atoms with Crippen LogP contribution in [0.4, 0.5) is 4.39 Å². The average molecular weight is 471 g/mol. The summed E-state index contributed by atoms with van der Waals surface area (Å²) < 4.78 is 21.0. The number of pyridine rings is 1. The first-order valence-corrected chi connectivity index (χ1v) is 12.0. The van der Waals surface area contributed by atoms with E-state index < -0.39 is 0 Å². The van der Waals surface area contributed by atoms with Crippen LogP contribution in [0.1, 0.15) is 23.1 Å². The fraction of sp³-hybridized carbons (Fsp3) is 0.154. The van der Waals surface area contributed by atoms with Crippen LogP contribution in [0.3, 0.4) is 0 Å². The molecule has 6 rings (SSSR count). The van der Waals surface area contributed by atoms with Crippen molar-refractivity contribution >= 4 is 22.7 Å². The quantitative estimate of drug-likeness (QED) is 0.254. The normalized spacial score (nSPS) is 12.9. The molecule has 0 spiro atoms. The second-order valence-electron chi connectivity index (χ2n) is 8.20. The number of aryl methyl sites for hydroxylation is 2. The molecule has 0 amide bonds. The van der Waals surface area contributed by atoms with Gasteiger partial charge in [0.1, 0.15) is 11.4 Å². The minimum absolute atomic E-state index is 0.313. The molecule has 1 aliphatic carbocycles. The van der Waals surface area contributed by atoms with Gasteiger partial charge in [-0.3, -0.25) is 9.55 Å². The molecule has 0 fully saturated rings. The Kier molecular flexibility index (Phi) is 5.22. The van der Waals surface area contributed by atoms with Gasteiger partial charge in [0.05, 0.1) is 0 Å². The molecule has 0 unspecified atom stereocenters. The molecule has 3 aromatic heterocycles. The van der Waals surface area contributed by atoms with Gasteiger partial charge in [-0.15, -0.1) is 10.2 Å². The van der Waals surface area contributed by atoms with E-state index in [1.807, 2.05) is 22.8 Å². The van der Waals surface area contributed by atoms with E-state index in [9.17, 15) is 9.18 Å². The van der Waals surface area contributed by atoms with Gasteiger partial charge < -0.3 is 4.42 Å². The number of hydrogen-bond donors (Lipinski definition) is 0. The van der Waals surface area contributed by atoms with Gasteiger partial charge in [0.25, 0.3) is 0 Å². The number of fused-ring (bicyclic) bond motifs is 2. The number of aromatic nitrogens is 4. The van der Waals surface area contributed by atoms with Gasteiger partial charge in [-0.2, -0.15) is 0 Å². The van der Waals surface area contributed by atoms with Gasteiger partial charge in [-0.05, 0) is 84.5 Å². The summed E-state index contributed by atoms with van der Waals surface area (Å²) >= 11 is 1.47. The first-order valence-electron chi connectivity index (χ1n) is 11.0. The highest BCUT2D eigenvalue weighted by atomic mass is 32.2. The van der Waals surface area contributed by atoms with Crippen molar-refractivity contribution in [2.75, 3.05) is 0 Å². The van der Waals surface area contributed by atoms with Crippen LogP contribution in [0.5, 0.6) is 0 Å². The molecule has 2 aromatic carbocycles. The average Bonchev–Trinajstić information content (AvgIpc) is 3.49. The Balaban J connectivity index is 1.41. The Bertz CT molecular complexity index is 1560. The summed E-state index contributed by atoms with van der Waals surface area (Å²) in [5.74, 6) is 0.828. The van der Waals surface area contributed by atoms with E-state index in [2.05, 4.69) is 21.2 Å². The van der Waals surface area contributed by atoms with Crippen LogP contribution in [0.25, 0.3) is 28.0 Å². The second-order valence-corrected chi connectivity index (χ2v) is 9.15. The molecular weight excluding hydrogens is 451 g/mol. The fourth-order valence-electron chi connectivity index (χ4n) is 4.43. The molecule has 0 N–H and O–H groups in total. The van der Waals surface area contributed by atoms with Crippen molar-refractivity contribution in [3.63, 3.8) is 0 Å². The number of hydrogen-bond acceptors (Lipinski definition) is 6. The van der Waals surface area contributed by atoms with Crippen LogP contribution in [0.15, 0.2) is 81.4 Å². The maximum absolute atomic E-state index is 13.6. The van der Waals surface area contributed by atoms with E-state index in [0.29, 0.717) is 22.3 Å². The fourth-order valence-corrected chi connectivity index (χ4v) is 5.37. The van der Waals surface area contributed by atoms with Gasteiger partial charge >= 0.3 is 5.63 Å². The number of nitrogens with zero attached hydrogens (tertiary/aromatic N) is 4. The van der Waals surface area contributed by atoms with Crippen LogP contribution in [-0.2, 0) is 18.6 Å². The monoisotopic (exact) mass is 470 g/mol. The molecule has 168 valence electrons. The van der Waals surface area contributed by atoms with Crippen molar-refractivity contribution in [2.24, 2.45) is 0 Å². The van der Waals surface area contributed by atoms with Crippen molar-refractivity contribution in [3.8, 4) is 17.1 Å². The largest absolute Gasteiger partial charge is 0.423 e. The number of rotatable bonds is 5. The van der Waals surface area contributed by atoms with E-state index in [1.165, 1.54) is 35.0 Å². The third kappa shape index (κ3) is 3.80. The highest BCUT2D eigenvalue weighted by Gasteiger charge is 2.19. The molecule has 1 aliphatic rings. The lowest BCUT2D eigenvalue weighted by atomic mass is 10.0. The number of thioether (sulfide) groups is 1. The Morgan fingerprint density at radius 3 is 2.53 bits per heavy atom. The standard InChI is InChI=1S/C26H19FN4O2S/c27-20-4-6-21(7-5-20)31-25(16-8-10-28-11-9-16)29-30-26(31)34-15-19-14-24(32)33-23-13-18-3-1-2-17(18)12-22(19)23/h4-14H,1-3,15H2. The Morgan fingerprint density at radius 1 is 0.971 bits per heavy atom. The lowest BCUT2D eigenvalue weighted by Crippen LogP contribution is -2.02. The van der Waals surface area contributed by atoms with E-state index in [0.717, 1.165) is 41.5 Å². The highest BCUT2D eigenvalue weighted by Crippen LogP contribution is 2.33. The first-order chi connectivity index (χ1) is 16.7. The van der Waals surface area contributed by atoms with Crippen LogP contribution in [0, 0.1) is 5.82 Å². The zero-order valence-electron chi connectivity index (χ0n) is 18.1. The smallest absolute Gasteiger partial charge is 0.336 e. The van der Waals surface area contributed by atoms with Gasteiger partial charge in [0.2, 0.25) is 0 Å². The molecule has 8 heteroatoms. The third-order valence-electron chi connectivity index (χ3n) is 6.06. The summed E-state index contributed by atoms with van der Waals surface area (Å²) in [7, 11) is 0.